The summed E-state index contributed by atoms with van der Waals surface area (Å²) in [6, 6.07) is 5.58. The largest absolute Gasteiger partial charge is 0.484 e. The van der Waals surface area contributed by atoms with Gasteiger partial charge in [0.25, 0.3) is 0 Å². The number of nitrogens with zero attached hydrogens (tertiary/aromatic N) is 1. The minimum absolute atomic E-state index is 0.0191. The van der Waals surface area contributed by atoms with Crippen molar-refractivity contribution in [3.63, 3.8) is 0 Å². The summed E-state index contributed by atoms with van der Waals surface area (Å²) >= 11 is 0. The fourth-order valence-electron chi connectivity index (χ4n) is 1.02. The van der Waals surface area contributed by atoms with E-state index in [2.05, 4.69) is 0 Å². The zero-order chi connectivity index (χ0) is 11.3. The Morgan fingerprint density at radius 2 is 2.07 bits per heavy atom. The molecule has 1 aromatic carbocycles. The maximum Gasteiger partial charge on any atom is 0.145 e. The summed E-state index contributed by atoms with van der Waals surface area (Å²) < 4.78 is 18.1. The van der Waals surface area contributed by atoms with Gasteiger partial charge in [-0.05, 0) is 12.1 Å². The standard InChI is InChI=1S/C10H10FNO3/c11-9-2-1-3-10(8(9)4-12)15-7(5-13)6-14/h1-3,7,13-14H,5-6H2. The Hall–Kier alpha value is -1.64. The van der Waals surface area contributed by atoms with Crippen molar-refractivity contribution >= 4 is 0 Å². The number of aliphatic hydroxyl groups excluding tert-OH is 2. The molecule has 0 unspecified atom stereocenters. The number of rotatable bonds is 4. The summed E-state index contributed by atoms with van der Waals surface area (Å²) in [6.45, 7) is -0.810. The van der Waals surface area contributed by atoms with Crippen LogP contribution in [0.3, 0.4) is 0 Å². The van der Waals surface area contributed by atoms with Crippen molar-refractivity contribution in [2.45, 2.75) is 6.10 Å². The number of aliphatic hydroxyl groups is 2. The Morgan fingerprint density at radius 3 is 2.60 bits per heavy atom. The van der Waals surface area contributed by atoms with Gasteiger partial charge in [0.05, 0.1) is 13.2 Å². The maximum absolute atomic E-state index is 13.1. The molecule has 0 saturated heterocycles. The SMILES string of the molecule is N#Cc1c(F)cccc1OC(CO)CO. The number of halogens is 1. The molecule has 0 atom stereocenters. The average molecular weight is 211 g/mol. The topological polar surface area (TPSA) is 73.5 Å². The van der Waals surface area contributed by atoms with Gasteiger partial charge in [-0.1, -0.05) is 6.07 Å². The molecule has 0 fully saturated rings. The summed E-state index contributed by atoms with van der Waals surface area (Å²) in [5.74, 6) is -0.671. The number of hydrogen-bond acceptors (Lipinski definition) is 4. The first-order valence-electron chi connectivity index (χ1n) is 4.30. The smallest absolute Gasteiger partial charge is 0.145 e. The molecule has 1 aromatic rings. The molecular formula is C10H10FNO3. The van der Waals surface area contributed by atoms with E-state index >= 15 is 0 Å². The van der Waals surface area contributed by atoms with E-state index in [0.717, 1.165) is 6.07 Å². The maximum atomic E-state index is 13.1. The van der Waals surface area contributed by atoms with Crippen molar-refractivity contribution in [2.24, 2.45) is 0 Å². The fourth-order valence-corrected chi connectivity index (χ4v) is 1.02. The third kappa shape index (κ3) is 2.65. The van der Waals surface area contributed by atoms with Crippen molar-refractivity contribution in [1.82, 2.24) is 0 Å². The van der Waals surface area contributed by atoms with Gasteiger partial charge in [-0.15, -0.1) is 0 Å². The van der Waals surface area contributed by atoms with Crippen LogP contribution in [-0.2, 0) is 0 Å². The van der Waals surface area contributed by atoms with Gasteiger partial charge in [0.15, 0.2) is 0 Å². The van der Waals surface area contributed by atoms with Crippen LogP contribution in [0.4, 0.5) is 4.39 Å². The van der Waals surface area contributed by atoms with Crippen LogP contribution in [0.15, 0.2) is 18.2 Å². The minimum Gasteiger partial charge on any atom is -0.484 e. The van der Waals surface area contributed by atoms with Gasteiger partial charge < -0.3 is 14.9 Å². The van der Waals surface area contributed by atoms with E-state index in [1.54, 1.807) is 6.07 Å². The number of ether oxygens (including phenoxy) is 1. The predicted molar refractivity (Wildman–Crippen MR) is 49.7 cm³/mol. The zero-order valence-electron chi connectivity index (χ0n) is 7.85. The molecule has 15 heavy (non-hydrogen) atoms. The quantitative estimate of drug-likeness (QED) is 0.757. The second kappa shape index (κ2) is 5.29. The monoisotopic (exact) mass is 211 g/mol. The lowest BCUT2D eigenvalue weighted by Gasteiger charge is -2.15. The first kappa shape index (κ1) is 11.4. The van der Waals surface area contributed by atoms with E-state index in [1.807, 2.05) is 0 Å². The van der Waals surface area contributed by atoms with Crippen molar-refractivity contribution in [3.8, 4) is 11.8 Å². The van der Waals surface area contributed by atoms with Gasteiger partial charge in [-0.2, -0.15) is 5.26 Å². The molecule has 0 aliphatic rings. The normalized spacial score (nSPS) is 10.1. The Kier molecular flexibility index (Phi) is 4.03. The second-order valence-corrected chi connectivity index (χ2v) is 2.83. The van der Waals surface area contributed by atoms with Gasteiger partial charge in [0, 0.05) is 0 Å². The Labute approximate surface area is 86.2 Å². The highest BCUT2D eigenvalue weighted by Crippen LogP contribution is 2.21. The number of hydrogen-bond donors (Lipinski definition) is 2. The van der Waals surface area contributed by atoms with Gasteiger partial charge >= 0.3 is 0 Å². The van der Waals surface area contributed by atoms with E-state index in [0.29, 0.717) is 0 Å². The molecule has 0 amide bonds. The second-order valence-electron chi connectivity index (χ2n) is 2.83. The van der Waals surface area contributed by atoms with Gasteiger partial charge in [-0.25, -0.2) is 4.39 Å². The molecule has 0 saturated carbocycles. The van der Waals surface area contributed by atoms with Crippen LogP contribution >= 0.6 is 0 Å². The molecule has 0 spiro atoms. The number of nitriles is 1. The zero-order valence-corrected chi connectivity index (χ0v) is 7.85. The molecule has 0 aromatic heterocycles. The van der Waals surface area contributed by atoms with E-state index in [-0.39, 0.29) is 11.3 Å². The summed E-state index contributed by atoms with van der Waals surface area (Å²) in [4.78, 5) is 0. The molecule has 4 nitrogen and oxygen atoms in total. The van der Waals surface area contributed by atoms with Gasteiger partial charge in [0.1, 0.15) is 29.3 Å². The highest BCUT2D eigenvalue weighted by Gasteiger charge is 2.13. The Morgan fingerprint density at radius 1 is 1.40 bits per heavy atom. The first-order chi connectivity index (χ1) is 7.22. The molecular weight excluding hydrogens is 201 g/mol. The molecule has 5 heteroatoms. The fraction of sp³-hybridized carbons (Fsp3) is 0.300. The molecule has 0 bridgehead atoms. The third-order valence-electron chi connectivity index (χ3n) is 1.79. The average Bonchev–Trinajstić information content (AvgIpc) is 2.26. The summed E-state index contributed by atoms with van der Waals surface area (Å²) in [5, 5.41) is 26.2. The van der Waals surface area contributed by atoms with Crippen molar-refractivity contribution in [2.75, 3.05) is 13.2 Å². The van der Waals surface area contributed by atoms with E-state index < -0.39 is 25.1 Å². The summed E-state index contributed by atoms with van der Waals surface area (Å²) in [6.07, 6.45) is -0.848. The lowest BCUT2D eigenvalue weighted by atomic mass is 10.2. The van der Waals surface area contributed by atoms with E-state index in [4.69, 9.17) is 20.2 Å². The molecule has 2 N–H and O–H groups in total. The Balaban J connectivity index is 2.95. The van der Waals surface area contributed by atoms with Crippen LogP contribution in [0.1, 0.15) is 5.56 Å². The highest BCUT2D eigenvalue weighted by atomic mass is 19.1. The van der Waals surface area contributed by atoms with Crippen molar-refractivity contribution in [3.05, 3.63) is 29.6 Å². The predicted octanol–water partition coefficient (Wildman–Crippen LogP) is 0.429. The van der Waals surface area contributed by atoms with Crippen molar-refractivity contribution < 1.29 is 19.3 Å². The molecule has 0 radical (unpaired) electrons. The van der Waals surface area contributed by atoms with Crippen LogP contribution < -0.4 is 4.74 Å². The molecule has 0 aliphatic carbocycles. The number of benzene rings is 1. The first-order valence-corrected chi connectivity index (χ1v) is 4.30. The van der Waals surface area contributed by atoms with E-state index in [1.165, 1.54) is 12.1 Å². The minimum atomic E-state index is -0.848. The lowest BCUT2D eigenvalue weighted by molar-refractivity contribution is 0.0625. The highest BCUT2D eigenvalue weighted by molar-refractivity contribution is 5.43. The Bertz CT molecular complexity index is 371. The third-order valence-corrected chi connectivity index (χ3v) is 1.79. The van der Waals surface area contributed by atoms with Gasteiger partial charge in [-0.3, -0.25) is 0 Å². The van der Waals surface area contributed by atoms with Gasteiger partial charge in [0.2, 0.25) is 0 Å². The van der Waals surface area contributed by atoms with Crippen LogP contribution in [0, 0.1) is 17.1 Å². The van der Waals surface area contributed by atoms with Crippen molar-refractivity contribution in [1.29, 1.82) is 5.26 Å². The molecule has 0 aliphatic heterocycles. The summed E-state index contributed by atoms with van der Waals surface area (Å²) in [5.41, 5.74) is -0.232. The van der Waals surface area contributed by atoms with Crippen LogP contribution in [0.25, 0.3) is 0 Å². The molecule has 80 valence electrons. The lowest BCUT2D eigenvalue weighted by Crippen LogP contribution is -2.25. The molecule has 0 heterocycles. The van der Waals surface area contributed by atoms with E-state index in [9.17, 15) is 4.39 Å². The summed E-state index contributed by atoms with van der Waals surface area (Å²) in [7, 11) is 0. The molecule has 1 rings (SSSR count). The van der Waals surface area contributed by atoms with Crippen LogP contribution in [-0.4, -0.2) is 29.5 Å². The van der Waals surface area contributed by atoms with Crippen LogP contribution in [0.2, 0.25) is 0 Å². The van der Waals surface area contributed by atoms with Crippen LogP contribution in [0.5, 0.6) is 5.75 Å².